The molecule has 0 fully saturated rings. The molecule has 0 spiro atoms. The molecule has 2 aromatic carbocycles. The van der Waals surface area contributed by atoms with Crippen molar-refractivity contribution in [2.24, 2.45) is 0 Å². The van der Waals surface area contributed by atoms with E-state index in [1.54, 1.807) is 25.1 Å². The van der Waals surface area contributed by atoms with Gasteiger partial charge in [-0.05, 0) is 17.7 Å². The molecule has 7 nitrogen and oxygen atoms in total. The lowest BCUT2D eigenvalue weighted by Gasteiger charge is -2.33. The Kier molecular flexibility index (Phi) is 4.80. The monoisotopic (exact) mass is 377 g/mol. The SMILES string of the molecule is Cc1nc(C(=O)N2C[C@H](C(=O)NCc3ccccc3)Oc3ccccc32)co1. The summed E-state index contributed by atoms with van der Waals surface area (Å²) < 4.78 is 11.0. The summed E-state index contributed by atoms with van der Waals surface area (Å²) in [6.45, 7) is 2.14. The van der Waals surface area contributed by atoms with Gasteiger partial charge in [0.15, 0.2) is 17.7 Å². The Bertz CT molecular complexity index is 1000. The number of aryl methyl sites for hydroxylation is 1. The maximum Gasteiger partial charge on any atom is 0.280 e. The van der Waals surface area contributed by atoms with Crippen molar-refractivity contribution in [1.82, 2.24) is 10.3 Å². The number of anilines is 1. The van der Waals surface area contributed by atoms with Crippen LogP contribution < -0.4 is 15.0 Å². The van der Waals surface area contributed by atoms with Gasteiger partial charge in [-0.25, -0.2) is 4.98 Å². The number of amides is 2. The second kappa shape index (κ2) is 7.56. The van der Waals surface area contributed by atoms with Gasteiger partial charge in [0.05, 0.1) is 12.2 Å². The normalized spacial score (nSPS) is 15.5. The largest absolute Gasteiger partial charge is 0.477 e. The van der Waals surface area contributed by atoms with E-state index in [4.69, 9.17) is 9.15 Å². The number of ether oxygens (including phenoxy) is 1. The molecule has 4 rings (SSSR count). The van der Waals surface area contributed by atoms with Gasteiger partial charge in [0.1, 0.15) is 12.0 Å². The molecular formula is C21H19N3O4. The molecule has 7 heteroatoms. The number of carbonyl (C=O) groups is 2. The molecule has 1 atom stereocenters. The number of para-hydroxylation sites is 2. The Morgan fingerprint density at radius 2 is 1.89 bits per heavy atom. The van der Waals surface area contributed by atoms with Crippen LogP contribution in [0, 0.1) is 6.92 Å². The van der Waals surface area contributed by atoms with E-state index >= 15 is 0 Å². The summed E-state index contributed by atoms with van der Waals surface area (Å²) in [4.78, 5) is 31.2. The molecule has 0 unspecified atom stereocenters. The molecule has 3 aromatic rings. The third kappa shape index (κ3) is 3.59. The van der Waals surface area contributed by atoms with Crippen molar-refractivity contribution in [2.45, 2.75) is 19.6 Å². The summed E-state index contributed by atoms with van der Waals surface area (Å²) in [7, 11) is 0. The highest BCUT2D eigenvalue weighted by Crippen LogP contribution is 2.34. The number of aromatic nitrogens is 1. The number of fused-ring (bicyclic) bond motifs is 1. The van der Waals surface area contributed by atoms with E-state index in [9.17, 15) is 9.59 Å². The number of nitrogens with one attached hydrogen (secondary N) is 1. The number of hydrogen-bond acceptors (Lipinski definition) is 5. The molecule has 1 N–H and O–H groups in total. The molecule has 2 heterocycles. The predicted octanol–water partition coefficient (Wildman–Crippen LogP) is 2.71. The van der Waals surface area contributed by atoms with Crippen LogP contribution in [0.15, 0.2) is 65.3 Å². The van der Waals surface area contributed by atoms with Gasteiger partial charge in [-0.2, -0.15) is 0 Å². The molecule has 0 saturated heterocycles. The summed E-state index contributed by atoms with van der Waals surface area (Å²) in [6, 6.07) is 16.7. The van der Waals surface area contributed by atoms with Gasteiger partial charge in [-0.1, -0.05) is 42.5 Å². The standard InChI is InChI=1S/C21H19N3O4/c1-14-23-16(13-27-14)21(26)24-12-19(28-18-10-6-5-9-17(18)24)20(25)22-11-15-7-3-2-4-8-15/h2-10,13,19H,11-12H2,1H3,(H,22,25)/t19-/m1/s1. The zero-order chi connectivity index (χ0) is 19.5. The van der Waals surface area contributed by atoms with Crippen LogP contribution >= 0.6 is 0 Å². The van der Waals surface area contributed by atoms with Crippen molar-refractivity contribution in [3.05, 3.63) is 78.0 Å². The van der Waals surface area contributed by atoms with Gasteiger partial charge in [0.25, 0.3) is 11.8 Å². The van der Waals surface area contributed by atoms with Crippen LogP contribution in [-0.4, -0.2) is 29.4 Å². The molecule has 142 valence electrons. The quantitative estimate of drug-likeness (QED) is 0.756. The zero-order valence-corrected chi connectivity index (χ0v) is 15.3. The van der Waals surface area contributed by atoms with Gasteiger partial charge in [-0.3, -0.25) is 14.5 Å². The van der Waals surface area contributed by atoms with Crippen LogP contribution in [0.5, 0.6) is 5.75 Å². The van der Waals surface area contributed by atoms with Crippen molar-refractivity contribution in [1.29, 1.82) is 0 Å². The average molecular weight is 377 g/mol. The molecular weight excluding hydrogens is 358 g/mol. The summed E-state index contributed by atoms with van der Waals surface area (Å²) in [5.41, 5.74) is 1.77. The fourth-order valence-corrected chi connectivity index (χ4v) is 3.06. The highest BCUT2D eigenvalue weighted by atomic mass is 16.5. The second-order valence-corrected chi connectivity index (χ2v) is 6.45. The van der Waals surface area contributed by atoms with Crippen LogP contribution in [0.25, 0.3) is 0 Å². The minimum absolute atomic E-state index is 0.0857. The Labute approximate surface area is 161 Å². The van der Waals surface area contributed by atoms with E-state index in [0.717, 1.165) is 5.56 Å². The Balaban J connectivity index is 1.54. The van der Waals surface area contributed by atoms with E-state index < -0.39 is 6.10 Å². The van der Waals surface area contributed by atoms with Crippen molar-refractivity contribution in [3.63, 3.8) is 0 Å². The summed E-state index contributed by atoms with van der Waals surface area (Å²) in [5, 5.41) is 2.87. The molecule has 1 aliphatic heterocycles. The smallest absolute Gasteiger partial charge is 0.280 e. The lowest BCUT2D eigenvalue weighted by Crippen LogP contribution is -2.50. The summed E-state index contributed by atoms with van der Waals surface area (Å²) in [6.07, 6.45) is 0.496. The number of hydrogen-bond donors (Lipinski definition) is 1. The highest BCUT2D eigenvalue weighted by molar-refractivity contribution is 6.06. The lowest BCUT2D eigenvalue weighted by molar-refractivity contribution is -0.127. The number of oxazole rings is 1. The molecule has 0 aliphatic carbocycles. The molecule has 0 bridgehead atoms. The maximum atomic E-state index is 12.9. The number of rotatable bonds is 4. The van der Waals surface area contributed by atoms with Crippen LogP contribution in [0.4, 0.5) is 5.69 Å². The number of benzene rings is 2. The molecule has 0 saturated carbocycles. The van der Waals surface area contributed by atoms with Crippen molar-refractivity contribution in [3.8, 4) is 5.75 Å². The van der Waals surface area contributed by atoms with Crippen molar-refractivity contribution in [2.75, 3.05) is 11.4 Å². The van der Waals surface area contributed by atoms with Crippen LogP contribution in [0.1, 0.15) is 21.9 Å². The van der Waals surface area contributed by atoms with Gasteiger partial charge in [-0.15, -0.1) is 0 Å². The van der Waals surface area contributed by atoms with E-state index in [0.29, 0.717) is 23.9 Å². The van der Waals surface area contributed by atoms with Crippen molar-refractivity contribution < 1.29 is 18.7 Å². The molecule has 1 aliphatic rings. The predicted molar refractivity (Wildman–Crippen MR) is 102 cm³/mol. The van der Waals surface area contributed by atoms with Gasteiger partial charge >= 0.3 is 0 Å². The first-order chi connectivity index (χ1) is 13.6. The lowest BCUT2D eigenvalue weighted by atomic mass is 10.1. The second-order valence-electron chi connectivity index (χ2n) is 6.45. The minimum Gasteiger partial charge on any atom is -0.477 e. The van der Waals surface area contributed by atoms with E-state index in [1.807, 2.05) is 36.4 Å². The van der Waals surface area contributed by atoms with Gasteiger partial charge in [0.2, 0.25) is 0 Å². The molecule has 28 heavy (non-hydrogen) atoms. The summed E-state index contributed by atoms with van der Waals surface area (Å²) in [5.74, 6) is 0.255. The molecule has 2 amide bonds. The third-order valence-electron chi connectivity index (χ3n) is 4.46. The molecule has 0 radical (unpaired) electrons. The summed E-state index contributed by atoms with van der Waals surface area (Å²) >= 11 is 0. The zero-order valence-electron chi connectivity index (χ0n) is 15.3. The van der Waals surface area contributed by atoms with Crippen LogP contribution in [-0.2, 0) is 11.3 Å². The van der Waals surface area contributed by atoms with E-state index in [-0.39, 0.29) is 24.1 Å². The first kappa shape index (κ1) is 17.8. The fourth-order valence-electron chi connectivity index (χ4n) is 3.06. The Hall–Kier alpha value is -3.61. The minimum atomic E-state index is -0.824. The Morgan fingerprint density at radius 1 is 1.14 bits per heavy atom. The fraction of sp³-hybridized carbons (Fsp3) is 0.190. The van der Waals surface area contributed by atoms with E-state index in [2.05, 4.69) is 10.3 Å². The number of nitrogens with zero attached hydrogens (tertiary/aromatic N) is 2. The highest BCUT2D eigenvalue weighted by Gasteiger charge is 2.35. The van der Waals surface area contributed by atoms with Gasteiger partial charge in [0, 0.05) is 13.5 Å². The van der Waals surface area contributed by atoms with Crippen molar-refractivity contribution >= 4 is 17.5 Å². The average Bonchev–Trinajstić information content (AvgIpc) is 3.17. The van der Waals surface area contributed by atoms with Crippen LogP contribution in [0.2, 0.25) is 0 Å². The Morgan fingerprint density at radius 3 is 2.64 bits per heavy atom. The first-order valence-electron chi connectivity index (χ1n) is 8.93. The van der Waals surface area contributed by atoms with Crippen LogP contribution in [0.3, 0.4) is 0 Å². The topological polar surface area (TPSA) is 84.7 Å². The number of carbonyl (C=O) groups excluding carboxylic acids is 2. The van der Waals surface area contributed by atoms with E-state index in [1.165, 1.54) is 11.2 Å². The van der Waals surface area contributed by atoms with Gasteiger partial charge < -0.3 is 14.5 Å². The molecule has 1 aromatic heterocycles. The third-order valence-corrected chi connectivity index (χ3v) is 4.46. The first-order valence-corrected chi connectivity index (χ1v) is 8.93. The maximum absolute atomic E-state index is 12.9.